The Morgan fingerprint density at radius 3 is 2.63 bits per heavy atom. The zero-order chi connectivity index (χ0) is 21.5. The summed E-state index contributed by atoms with van der Waals surface area (Å²) in [6.45, 7) is 8.23. The summed E-state index contributed by atoms with van der Waals surface area (Å²) in [5, 5.41) is 12.8. The van der Waals surface area contributed by atoms with Crippen molar-refractivity contribution in [3.8, 4) is 0 Å². The highest BCUT2D eigenvalue weighted by Gasteiger charge is 2.23. The Balaban J connectivity index is 1.67. The van der Waals surface area contributed by atoms with Crippen molar-refractivity contribution in [1.29, 1.82) is 0 Å². The number of aromatic nitrogens is 2. The van der Waals surface area contributed by atoms with Gasteiger partial charge in [0.1, 0.15) is 11.7 Å². The molecule has 7 nitrogen and oxygen atoms in total. The van der Waals surface area contributed by atoms with Gasteiger partial charge in [0.15, 0.2) is 0 Å². The van der Waals surface area contributed by atoms with Crippen LogP contribution in [0.2, 0.25) is 0 Å². The molecule has 162 valence electrons. The first-order chi connectivity index (χ1) is 14.5. The molecule has 2 aromatic rings. The third-order valence-electron chi connectivity index (χ3n) is 5.51. The monoisotopic (exact) mass is 411 g/mol. The van der Waals surface area contributed by atoms with Gasteiger partial charge in [-0.3, -0.25) is 14.7 Å². The number of H-pyrrole nitrogens is 1. The molecule has 1 aromatic carbocycles. The van der Waals surface area contributed by atoms with Gasteiger partial charge in [0.05, 0.1) is 0 Å². The standard InChI is InChI=1S/C23H33N5O2/c1-4-5-11-19(25-23(30)21-15-20(16(2)3)26-27-21)22(29)24-17-9-8-10-18(14-17)28-12-6-7-13-28/h8-10,14-16,19H,4-7,11-13H2,1-3H3,(H,24,29)(H,25,30)(H,26,27). The van der Waals surface area contributed by atoms with Gasteiger partial charge in [-0.2, -0.15) is 5.10 Å². The lowest BCUT2D eigenvalue weighted by Gasteiger charge is -2.20. The molecule has 1 unspecified atom stereocenters. The molecule has 3 rings (SSSR count). The molecule has 1 atom stereocenters. The summed E-state index contributed by atoms with van der Waals surface area (Å²) in [6, 6.07) is 9.06. The molecule has 1 aliphatic rings. The van der Waals surface area contributed by atoms with Crippen LogP contribution in [-0.4, -0.2) is 41.1 Å². The fourth-order valence-corrected chi connectivity index (χ4v) is 3.64. The number of nitrogens with one attached hydrogen (secondary N) is 3. The average Bonchev–Trinajstić information content (AvgIpc) is 3.43. The van der Waals surface area contributed by atoms with E-state index >= 15 is 0 Å². The van der Waals surface area contributed by atoms with E-state index in [0.717, 1.165) is 43.0 Å². The minimum atomic E-state index is -0.605. The number of benzene rings is 1. The van der Waals surface area contributed by atoms with Gasteiger partial charge in [0.2, 0.25) is 5.91 Å². The quantitative estimate of drug-likeness (QED) is 0.580. The topological polar surface area (TPSA) is 90.1 Å². The fourth-order valence-electron chi connectivity index (χ4n) is 3.64. The minimum absolute atomic E-state index is 0.199. The van der Waals surface area contributed by atoms with E-state index in [1.54, 1.807) is 6.07 Å². The van der Waals surface area contributed by atoms with Gasteiger partial charge >= 0.3 is 0 Å². The molecule has 2 heterocycles. The summed E-state index contributed by atoms with van der Waals surface area (Å²) in [5.74, 6) is -0.281. The molecule has 1 aliphatic heterocycles. The molecule has 30 heavy (non-hydrogen) atoms. The van der Waals surface area contributed by atoms with Crippen LogP contribution in [0.15, 0.2) is 30.3 Å². The van der Waals surface area contributed by atoms with Crippen molar-refractivity contribution in [2.45, 2.75) is 64.8 Å². The van der Waals surface area contributed by atoms with Gasteiger partial charge in [-0.1, -0.05) is 39.7 Å². The predicted molar refractivity (Wildman–Crippen MR) is 120 cm³/mol. The minimum Gasteiger partial charge on any atom is -0.371 e. The Morgan fingerprint density at radius 2 is 1.97 bits per heavy atom. The van der Waals surface area contributed by atoms with E-state index in [1.165, 1.54) is 12.8 Å². The van der Waals surface area contributed by atoms with Crippen molar-refractivity contribution in [2.75, 3.05) is 23.3 Å². The number of carbonyl (C=O) groups is 2. The highest BCUT2D eigenvalue weighted by molar-refractivity contribution is 6.00. The number of rotatable bonds is 9. The van der Waals surface area contributed by atoms with Crippen molar-refractivity contribution < 1.29 is 9.59 Å². The van der Waals surface area contributed by atoms with Crippen molar-refractivity contribution in [3.05, 3.63) is 41.7 Å². The molecule has 7 heteroatoms. The van der Waals surface area contributed by atoms with Crippen LogP contribution in [0.1, 0.15) is 75.0 Å². The lowest BCUT2D eigenvalue weighted by Crippen LogP contribution is -2.44. The molecule has 1 aromatic heterocycles. The summed E-state index contributed by atoms with van der Waals surface area (Å²) in [5.41, 5.74) is 3.08. The number of nitrogens with zero attached hydrogens (tertiary/aromatic N) is 2. The van der Waals surface area contributed by atoms with Gasteiger partial charge in [0, 0.05) is 30.2 Å². The summed E-state index contributed by atoms with van der Waals surface area (Å²) >= 11 is 0. The van der Waals surface area contributed by atoms with Crippen LogP contribution in [-0.2, 0) is 4.79 Å². The van der Waals surface area contributed by atoms with Crippen LogP contribution in [0.5, 0.6) is 0 Å². The smallest absolute Gasteiger partial charge is 0.272 e. The van der Waals surface area contributed by atoms with Crippen LogP contribution in [0.3, 0.4) is 0 Å². The molecule has 0 radical (unpaired) electrons. The highest BCUT2D eigenvalue weighted by atomic mass is 16.2. The first-order valence-electron chi connectivity index (χ1n) is 11.0. The van der Waals surface area contributed by atoms with Gasteiger partial charge in [-0.15, -0.1) is 0 Å². The van der Waals surface area contributed by atoms with E-state index in [9.17, 15) is 9.59 Å². The fraction of sp³-hybridized carbons (Fsp3) is 0.522. The van der Waals surface area contributed by atoms with Crippen LogP contribution in [0.25, 0.3) is 0 Å². The zero-order valence-corrected chi connectivity index (χ0v) is 18.2. The van der Waals surface area contributed by atoms with Crippen LogP contribution in [0, 0.1) is 0 Å². The van der Waals surface area contributed by atoms with E-state index in [0.29, 0.717) is 12.1 Å². The predicted octanol–water partition coefficient (Wildman–Crippen LogP) is 4.06. The van der Waals surface area contributed by atoms with Crippen molar-refractivity contribution in [3.63, 3.8) is 0 Å². The first kappa shape index (κ1) is 21.9. The van der Waals surface area contributed by atoms with Crippen LogP contribution < -0.4 is 15.5 Å². The second kappa shape index (κ2) is 10.3. The number of unbranched alkanes of at least 4 members (excludes halogenated alkanes) is 1. The first-order valence-corrected chi connectivity index (χ1v) is 11.0. The summed E-state index contributed by atoms with van der Waals surface area (Å²) in [4.78, 5) is 28.0. The Hall–Kier alpha value is -2.83. The molecular formula is C23H33N5O2. The molecule has 0 bridgehead atoms. The Labute approximate surface area is 178 Å². The third-order valence-corrected chi connectivity index (χ3v) is 5.51. The zero-order valence-electron chi connectivity index (χ0n) is 18.2. The van der Waals surface area contributed by atoms with Crippen LogP contribution >= 0.6 is 0 Å². The molecular weight excluding hydrogens is 378 g/mol. The van der Waals surface area contributed by atoms with E-state index in [2.05, 4.69) is 38.7 Å². The summed E-state index contributed by atoms with van der Waals surface area (Å²) < 4.78 is 0. The molecule has 1 saturated heterocycles. The Kier molecular flexibility index (Phi) is 7.49. The van der Waals surface area contributed by atoms with Crippen molar-refractivity contribution in [1.82, 2.24) is 15.5 Å². The average molecular weight is 412 g/mol. The van der Waals surface area contributed by atoms with Gasteiger partial charge in [-0.05, 0) is 49.4 Å². The SMILES string of the molecule is CCCCC(NC(=O)c1cc(C(C)C)[nH]n1)C(=O)Nc1cccc(N2CCCC2)c1. The molecule has 3 N–H and O–H groups in total. The van der Waals surface area contributed by atoms with Gasteiger partial charge in [-0.25, -0.2) is 0 Å². The Bertz CT molecular complexity index is 855. The maximum absolute atomic E-state index is 13.0. The lowest BCUT2D eigenvalue weighted by atomic mass is 10.1. The maximum atomic E-state index is 13.0. The summed E-state index contributed by atoms with van der Waals surface area (Å²) in [7, 11) is 0. The second-order valence-corrected chi connectivity index (χ2v) is 8.27. The maximum Gasteiger partial charge on any atom is 0.272 e. The van der Waals surface area contributed by atoms with Crippen LogP contribution in [0.4, 0.5) is 11.4 Å². The van der Waals surface area contributed by atoms with Crippen molar-refractivity contribution in [2.24, 2.45) is 0 Å². The van der Waals surface area contributed by atoms with E-state index < -0.39 is 6.04 Å². The van der Waals surface area contributed by atoms with E-state index in [4.69, 9.17) is 0 Å². The summed E-state index contributed by atoms with van der Waals surface area (Å²) in [6.07, 6.45) is 4.79. The highest BCUT2D eigenvalue weighted by Crippen LogP contribution is 2.23. The number of aromatic amines is 1. The van der Waals surface area contributed by atoms with Crippen molar-refractivity contribution >= 4 is 23.2 Å². The third kappa shape index (κ3) is 5.62. The number of anilines is 2. The molecule has 2 amide bonds. The van der Waals surface area contributed by atoms with Gasteiger partial charge in [0.25, 0.3) is 5.91 Å². The number of carbonyl (C=O) groups excluding carboxylic acids is 2. The number of hydrogen-bond acceptors (Lipinski definition) is 4. The largest absolute Gasteiger partial charge is 0.371 e. The number of amides is 2. The molecule has 0 spiro atoms. The molecule has 0 aliphatic carbocycles. The molecule has 1 fully saturated rings. The number of hydrogen-bond donors (Lipinski definition) is 3. The van der Waals surface area contributed by atoms with E-state index in [-0.39, 0.29) is 17.7 Å². The normalized spacial score (nSPS) is 14.7. The lowest BCUT2D eigenvalue weighted by molar-refractivity contribution is -0.118. The van der Waals surface area contributed by atoms with Gasteiger partial charge < -0.3 is 15.5 Å². The second-order valence-electron chi connectivity index (χ2n) is 8.27. The Morgan fingerprint density at radius 1 is 1.20 bits per heavy atom. The molecule has 0 saturated carbocycles. The van der Waals surface area contributed by atoms with E-state index in [1.807, 2.05) is 32.0 Å².